The molecule has 0 aliphatic carbocycles. The van der Waals surface area contributed by atoms with E-state index in [0.29, 0.717) is 0 Å². The van der Waals surface area contributed by atoms with Gasteiger partial charge in [0.05, 0.1) is 16.9 Å². The smallest absolute Gasteiger partial charge is 0.244 e. The Kier molecular flexibility index (Phi) is 5.91. The molecule has 5 heteroatoms. The molecule has 1 aliphatic heterocycles. The summed E-state index contributed by atoms with van der Waals surface area (Å²) in [5, 5.41) is 4.28. The van der Waals surface area contributed by atoms with Crippen LogP contribution in [0.3, 0.4) is 0 Å². The molecule has 0 bridgehead atoms. The quantitative estimate of drug-likeness (QED) is 0.848. The number of hydrogen-bond donors (Lipinski definition) is 1. The number of nitrogens with one attached hydrogen (secondary N) is 1. The van der Waals surface area contributed by atoms with Gasteiger partial charge in [0.15, 0.2) is 0 Å². The monoisotopic (exact) mass is 307 g/mol. The summed E-state index contributed by atoms with van der Waals surface area (Å²) in [5.74, 6) is 1.95. The van der Waals surface area contributed by atoms with Crippen LogP contribution in [0.2, 0.25) is 0 Å². The standard InChI is InChI=1S/C16H25N3OS/c1-4-21-15-6-5-14(11-17-15)18-13(3)16(20)19-9-7-12(2)8-10-19/h5-6,11-13,18H,4,7-10H2,1-3H3. The molecule has 1 aliphatic rings. The van der Waals surface area contributed by atoms with Crippen molar-refractivity contribution in [2.45, 2.75) is 44.7 Å². The molecule has 2 rings (SSSR count). The predicted molar refractivity (Wildman–Crippen MR) is 88.7 cm³/mol. The third kappa shape index (κ3) is 4.63. The lowest BCUT2D eigenvalue weighted by Crippen LogP contribution is -2.45. The van der Waals surface area contributed by atoms with Crippen LogP contribution < -0.4 is 5.32 Å². The van der Waals surface area contributed by atoms with Crippen LogP contribution >= 0.6 is 11.8 Å². The van der Waals surface area contributed by atoms with E-state index >= 15 is 0 Å². The van der Waals surface area contributed by atoms with Crippen molar-refractivity contribution >= 4 is 23.4 Å². The number of likely N-dealkylation sites (tertiary alicyclic amines) is 1. The fourth-order valence-electron chi connectivity index (χ4n) is 2.51. The van der Waals surface area contributed by atoms with E-state index in [1.54, 1.807) is 18.0 Å². The minimum Gasteiger partial charge on any atom is -0.373 e. The number of amides is 1. The summed E-state index contributed by atoms with van der Waals surface area (Å²) in [6.45, 7) is 8.06. The highest BCUT2D eigenvalue weighted by Crippen LogP contribution is 2.19. The Balaban J connectivity index is 1.88. The van der Waals surface area contributed by atoms with E-state index in [1.807, 2.05) is 24.0 Å². The van der Waals surface area contributed by atoms with Gasteiger partial charge in [-0.25, -0.2) is 4.98 Å². The average Bonchev–Trinajstić information content (AvgIpc) is 2.49. The van der Waals surface area contributed by atoms with Crippen molar-refractivity contribution in [3.8, 4) is 0 Å². The molecule has 1 N–H and O–H groups in total. The number of nitrogens with zero attached hydrogens (tertiary/aromatic N) is 2. The van der Waals surface area contributed by atoms with Gasteiger partial charge in [0.25, 0.3) is 0 Å². The van der Waals surface area contributed by atoms with Gasteiger partial charge in [-0.05, 0) is 43.6 Å². The molecule has 1 aromatic rings. The van der Waals surface area contributed by atoms with Crippen LogP contribution in [0.1, 0.15) is 33.6 Å². The van der Waals surface area contributed by atoms with Crippen LogP contribution in [-0.2, 0) is 4.79 Å². The van der Waals surface area contributed by atoms with E-state index in [1.165, 1.54) is 0 Å². The molecule has 0 saturated carbocycles. The second kappa shape index (κ2) is 7.69. The van der Waals surface area contributed by atoms with Crippen molar-refractivity contribution in [1.82, 2.24) is 9.88 Å². The lowest BCUT2D eigenvalue weighted by Gasteiger charge is -2.32. The van der Waals surface area contributed by atoms with Gasteiger partial charge in [0.2, 0.25) is 5.91 Å². The molecule has 1 fully saturated rings. The molecule has 116 valence electrons. The lowest BCUT2D eigenvalue weighted by molar-refractivity contribution is -0.132. The Morgan fingerprint density at radius 3 is 2.76 bits per heavy atom. The lowest BCUT2D eigenvalue weighted by atomic mass is 9.99. The Morgan fingerprint density at radius 2 is 2.19 bits per heavy atom. The summed E-state index contributed by atoms with van der Waals surface area (Å²) < 4.78 is 0. The van der Waals surface area contributed by atoms with Gasteiger partial charge in [0.1, 0.15) is 6.04 Å². The highest BCUT2D eigenvalue weighted by Gasteiger charge is 2.24. The highest BCUT2D eigenvalue weighted by molar-refractivity contribution is 7.99. The van der Waals surface area contributed by atoms with Crippen LogP contribution in [-0.4, -0.2) is 40.7 Å². The third-order valence-corrected chi connectivity index (χ3v) is 4.70. The molecule has 1 atom stereocenters. The number of rotatable bonds is 5. The number of aromatic nitrogens is 1. The minimum absolute atomic E-state index is 0.189. The number of thioether (sulfide) groups is 1. The SMILES string of the molecule is CCSc1ccc(NC(C)C(=O)N2CCC(C)CC2)cn1. The second-order valence-electron chi connectivity index (χ2n) is 5.69. The molecule has 0 radical (unpaired) electrons. The van der Waals surface area contributed by atoms with Crippen LogP contribution in [0.4, 0.5) is 5.69 Å². The van der Waals surface area contributed by atoms with E-state index in [0.717, 1.165) is 48.3 Å². The Morgan fingerprint density at radius 1 is 1.48 bits per heavy atom. The number of hydrogen-bond acceptors (Lipinski definition) is 4. The van der Waals surface area contributed by atoms with E-state index in [2.05, 4.69) is 24.1 Å². The molecule has 0 aromatic carbocycles. The van der Waals surface area contributed by atoms with Crippen LogP contribution in [0.5, 0.6) is 0 Å². The maximum Gasteiger partial charge on any atom is 0.244 e. The number of carbonyl (C=O) groups is 1. The van der Waals surface area contributed by atoms with Crippen molar-refractivity contribution in [2.24, 2.45) is 5.92 Å². The summed E-state index contributed by atoms with van der Waals surface area (Å²) in [6, 6.07) is 3.79. The van der Waals surface area contributed by atoms with E-state index < -0.39 is 0 Å². The molecular weight excluding hydrogens is 282 g/mol. The first-order chi connectivity index (χ1) is 10.1. The first kappa shape index (κ1) is 16.1. The molecule has 1 aromatic heterocycles. The maximum absolute atomic E-state index is 12.4. The van der Waals surface area contributed by atoms with Gasteiger partial charge in [-0.3, -0.25) is 4.79 Å². The largest absolute Gasteiger partial charge is 0.373 e. The zero-order valence-corrected chi connectivity index (χ0v) is 13.9. The van der Waals surface area contributed by atoms with Crippen LogP contribution in [0, 0.1) is 5.92 Å². The highest BCUT2D eigenvalue weighted by atomic mass is 32.2. The number of piperidine rings is 1. The molecule has 1 unspecified atom stereocenters. The van der Waals surface area contributed by atoms with Gasteiger partial charge in [-0.1, -0.05) is 13.8 Å². The number of carbonyl (C=O) groups excluding carboxylic acids is 1. The molecular formula is C16H25N3OS. The van der Waals surface area contributed by atoms with E-state index in [4.69, 9.17) is 0 Å². The van der Waals surface area contributed by atoms with Gasteiger partial charge in [-0.2, -0.15) is 0 Å². The van der Waals surface area contributed by atoms with Gasteiger partial charge < -0.3 is 10.2 Å². The number of pyridine rings is 1. The Hall–Kier alpha value is -1.23. The zero-order valence-electron chi connectivity index (χ0n) is 13.1. The molecule has 1 amide bonds. The van der Waals surface area contributed by atoms with Crippen molar-refractivity contribution in [3.05, 3.63) is 18.3 Å². The Labute approximate surface area is 131 Å². The third-order valence-electron chi connectivity index (χ3n) is 3.88. The minimum atomic E-state index is -0.204. The Bertz CT molecular complexity index is 455. The maximum atomic E-state index is 12.4. The predicted octanol–water partition coefficient (Wildman–Crippen LogP) is 3.25. The molecule has 2 heterocycles. The van der Waals surface area contributed by atoms with Crippen molar-refractivity contribution in [3.63, 3.8) is 0 Å². The summed E-state index contributed by atoms with van der Waals surface area (Å²) >= 11 is 1.72. The average molecular weight is 307 g/mol. The molecule has 1 saturated heterocycles. The first-order valence-corrected chi connectivity index (χ1v) is 8.73. The second-order valence-corrected chi connectivity index (χ2v) is 6.98. The van der Waals surface area contributed by atoms with Gasteiger partial charge in [-0.15, -0.1) is 11.8 Å². The first-order valence-electron chi connectivity index (χ1n) is 7.74. The topological polar surface area (TPSA) is 45.2 Å². The van der Waals surface area contributed by atoms with Gasteiger partial charge in [0, 0.05) is 13.1 Å². The molecule has 0 spiro atoms. The van der Waals surface area contributed by atoms with Crippen molar-refractivity contribution in [1.29, 1.82) is 0 Å². The normalized spacial score (nSPS) is 17.6. The summed E-state index contributed by atoms with van der Waals surface area (Å²) in [6.07, 6.45) is 4.03. The van der Waals surface area contributed by atoms with Crippen LogP contribution in [0.15, 0.2) is 23.4 Å². The number of anilines is 1. The van der Waals surface area contributed by atoms with Crippen molar-refractivity contribution in [2.75, 3.05) is 24.2 Å². The van der Waals surface area contributed by atoms with Crippen molar-refractivity contribution < 1.29 is 4.79 Å². The summed E-state index contributed by atoms with van der Waals surface area (Å²) in [4.78, 5) is 18.8. The van der Waals surface area contributed by atoms with Gasteiger partial charge >= 0.3 is 0 Å². The molecule has 4 nitrogen and oxygen atoms in total. The zero-order chi connectivity index (χ0) is 15.2. The molecule has 21 heavy (non-hydrogen) atoms. The van der Waals surface area contributed by atoms with E-state index in [-0.39, 0.29) is 11.9 Å². The van der Waals surface area contributed by atoms with Crippen LogP contribution in [0.25, 0.3) is 0 Å². The van der Waals surface area contributed by atoms with E-state index in [9.17, 15) is 4.79 Å². The summed E-state index contributed by atoms with van der Waals surface area (Å²) in [5.41, 5.74) is 0.904. The fourth-order valence-corrected chi connectivity index (χ4v) is 3.10. The summed E-state index contributed by atoms with van der Waals surface area (Å²) in [7, 11) is 0. The fraction of sp³-hybridized carbons (Fsp3) is 0.625.